The molecule has 1 aromatic carbocycles. The molecule has 34 heavy (non-hydrogen) atoms. The fourth-order valence-electron chi connectivity index (χ4n) is 3.51. The van der Waals surface area contributed by atoms with Crippen LogP contribution in [0.2, 0.25) is 0 Å². The Hall–Kier alpha value is -3.31. The number of carbonyl (C=O) groups is 5. The van der Waals surface area contributed by atoms with Crippen molar-refractivity contribution in [2.45, 2.75) is 45.3 Å². The van der Waals surface area contributed by atoms with Crippen LogP contribution in [0.25, 0.3) is 0 Å². The fraction of sp³-hybridized carbons (Fsp3) is 0.522. The molecule has 0 saturated carbocycles. The average molecular weight is 475 g/mol. The van der Waals surface area contributed by atoms with E-state index in [0.29, 0.717) is 6.54 Å². The molecule has 0 aliphatic carbocycles. The molecule has 3 rings (SSSR count). The van der Waals surface area contributed by atoms with Gasteiger partial charge in [0.1, 0.15) is 25.0 Å². The van der Waals surface area contributed by atoms with E-state index in [4.69, 9.17) is 14.2 Å². The van der Waals surface area contributed by atoms with E-state index in [1.807, 2.05) is 20.8 Å². The van der Waals surface area contributed by atoms with Crippen LogP contribution in [0.3, 0.4) is 0 Å². The Morgan fingerprint density at radius 1 is 1.12 bits per heavy atom. The summed E-state index contributed by atoms with van der Waals surface area (Å²) >= 11 is 0. The van der Waals surface area contributed by atoms with Crippen molar-refractivity contribution in [3.05, 3.63) is 29.3 Å². The second kappa shape index (κ2) is 10.7. The number of hydrogen-bond donors (Lipinski definition) is 2. The van der Waals surface area contributed by atoms with Gasteiger partial charge in [0, 0.05) is 13.0 Å². The van der Waals surface area contributed by atoms with E-state index in [1.54, 1.807) is 12.1 Å². The molecular formula is C23H29N3O8. The van der Waals surface area contributed by atoms with Gasteiger partial charge in [-0.2, -0.15) is 0 Å². The Morgan fingerprint density at radius 2 is 1.88 bits per heavy atom. The van der Waals surface area contributed by atoms with Gasteiger partial charge in [0.2, 0.25) is 17.7 Å². The van der Waals surface area contributed by atoms with Crippen molar-refractivity contribution in [3.63, 3.8) is 0 Å². The first-order valence-corrected chi connectivity index (χ1v) is 11.0. The van der Waals surface area contributed by atoms with Gasteiger partial charge < -0.3 is 19.5 Å². The molecule has 11 heteroatoms. The number of hydrogen-bond acceptors (Lipinski definition) is 8. The van der Waals surface area contributed by atoms with Crippen LogP contribution in [0.1, 0.15) is 54.3 Å². The Labute approximate surface area is 197 Å². The van der Waals surface area contributed by atoms with Crippen LogP contribution >= 0.6 is 0 Å². The smallest absolute Gasteiger partial charge is 0.266 e. The van der Waals surface area contributed by atoms with Gasteiger partial charge in [-0.1, -0.05) is 6.07 Å². The largest absolute Gasteiger partial charge is 0.490 e. The predicted molar refractivity (Wildman–Crippen MR) is 118 cm³/mol. The van der Waals surface area contributed by atoms with Crippen molar-refractivity contribution >= 4 is 29.5 Å². The van der Waals surface area contributed by atoms with E-state index >= 15 is 0 Å². The van der Waals surface area contributed by atoms with E-state index in [2.05, 4.69) is 10.6 Å². The second-order valence-electron chi connectivity index (χ2n) is 8.84. The summed E-state index contributed by atoms with van der Waals surface area (Å²) in [6.07, 6.45) is 0.133. The molecule has 2 aliphatic rings. The Morgan fingerprint density at radius 3 is 2.59 bits per heavy atom. The van der Waals surface area contributed by atoms with Crippen molar-refractivity contribution < 1.29 is 38.2 Å². The number of fused-ring (bicyclic) bond motifs is 1. The van der Waals surface area contributed by atoms with Crippen LogP contribution in [0.5, 0.6) is 5.75 Å². The number of nitrogens with zero attached hydrogens (tertiary/aromatic N) is 1. The molecule has 1 atom stereocenters. The van der Waals surface area contributed by atoms with Crippen molar-refractivity contribution in [2.24, 2.45) is 0 Å². The molecule has 0 bridgehead atoms. The molecule has 1 fully saturated rings. The molecule has 1 unspecified atom stereocenters. The zero-order valence-corrected chi connectivity index (χ0v) is 19.5. The minimum atomic E-state index is -1.04. The molecule has 2 heterocycles. The van der Waals surface area contributed by atoms with Crippen LogP contribution < -0.4 is 15.4 Å². The lowest BCUT2D eigenvalue weighted by Gasteiger charge is -2.27. The first-order chi connectivity index (χ1) is 16.1. The van der Waals surface area contributed by atoms with Crippen molar-refractivity contribution in [1.29, 1.82) is 0 Å². The first kappa shape index (κ1) is 25.3. The van der Waals surface area contributed by atoms with Gasteiger partial charge in [0.05, 0.1) is 29.9 Å². The van der Waals surface area contributed by atoms with Gasteiger partial charge in [0.25, 0.3) is 11.8 Å². The van der Waals surface area contributed by atoms with E-state index < -0.39 is 35.3 Å². The monoisotopic (exact) mass is 475 g/mol. The predicted octanol–water partition coefficient (Wildman–Crippen LogP) is 0.415. The number of benzene rings is 1. The lowest BCUT2D eigenvalue weighted by molar-refractivity contribution is -0.136. The summed E-state index contributed by atoms with van der Waals surface area (Å²) in [5.74, 6) is -2.35. The minimum Gasteiger partial charge on any atom is -0.490 e. The Kier molecular flexibility index (Phi) is 8.00. The molecule has 1 aromatic rings. The maximum atomic E-state index is 13.0. The summed E-state index contributed by atoms with van der Waals surface area (Å²) in [5.41, 5.74) is -0.162. The highest BCUT2D eigenvalue weighted by atomic mass is 16.5. The minimum absolute atomic E-state index is 0.0334. The highest BCUT2D eigenvalue weighted by molar-refractivity contribution is 6.24. The molecule has 2 aliphatic heterocycles. The third kappa shape index (κ3) is 6.17. The summed E-state index contributed by atoms with van der Waals surface area (Å²) < 4.78 is 16.5. The first-order valence-electron chi connectivity index (χ1n) is 11.0. The lowest BCUT2D eigenvalue weighted by Crippen LogP contribution is -2.54. The molecule has 0 radical (unpaired) electrons. The Bertz CT molecular complexity index is 985. The SMILES string of the molecule is CC(C)(C)OCC(=O)NCCOCCOc1cccc2c1C(=O)N(C1CCC(=O)NC1=O)C2=O. The van der Waals surface area contributed by atoms with Gasteiger partial charge in [0.15, 0.2) is 0 Å². The quantitative estimate of drug-likeness (QED) is 0.366. The molecule has 0 aromatic heterocycles. The van der Waals surface area contributed by atoms with Crippen LogP contribution in [-0.2, 0) is 23.9 Å². The second-order valence-corrected chi connectivity index (χ2v) is 8.84. The van der Waals surface area contributed by atoms with Crippen LogP contribution in [0.4, 0.5) is 0 Å². The number of amides is 5. The highest BCUT2D eigenvalue weighted by Gasteiger charge is 2.45. The number of imide groups is 2. The summed E-state index contributed by atoms with van der Waals surface area (Å²) in [6, 6.07) is 3.61. The van der Waals surface area contributed by atoms with Crippen molar-refractivity contribution in [1.82, 2.24) is 15.5 Å². The number of nitrogens with one attached hydrogen (secondary N) is 2. The maximum Gasteiger partial charge on any atom is 0.266 e. The number of carbonyl (C=O) groups excluding carboxylic acids is 5. The summed E-state index contributed by atoms with van der Waals surface area (Å²) in [6.45, 7) is 6.42. The molecule has 2 N–H and O–H groups in total. The van der Waals surface area contributed by atoms with Crippen LogP contribution in [0, 0.1) is 0 Å². The normalized spacial score (nSPS) is 18.1. The van der Waals surface area contributed by atoms with Gasteiger partial charge in [-0.25, -0.2) is 0 Å². The molecular weight excluding hydrogens is 446 g/mol. The maximum absolute atomic E-state index is 13.0. The van der Waals surface area contributed by atoms with Gasteiger partial charge in [-0.15, -0.1) is 0 Å². The summed E-state index contributed by atoms with van der Waals surface area (Å²) in [7, 11) is 0. The number of ether oxygens (including phenoxy) is 3. The zero-order chi connectivity index (χ0) is 24.9. The van der Waals surface area contributed by atoms with Crippen LogP contribution in [-0.4, -0.2) is 79.1 Å². The standard InChI is InChI=1S/C23H29N3O8/c1-23(2,3)34-13-18(28)24-9-10-32-11-12-33-16-6-4-5-14-19(16)22(31)26(21(14)30)15-7-8-17(27)25-20(15)29/h4-6,15H,7-13H2,1-3H3,(H,24,28)(H,25,27,29). The van der Waals surface area contributed by atoms with E-state index in [0.717, 1.165) is 4.90 Å². The summed E-state index contributed by atoms with van der Waals surface area (Å²) in [4.78, 5) is 61.9. The van der Waals surface area contributed by atoms with E-state index in [-0.39, 0.29) is 62.1 Å². The molecule has 184 valence electrons. The zero-order valence-electron chi connectivity index (χ0n) is 19.5. The van der Waals surface area contributed by atoms with E-state index in [1.165, 1.54) is 6.07 Å². The Balaban J connectivity index is 1.47. The molecule has 5 amide bonds. The molecule has 1 saturated heterocycles. The third-order valence-corrected chi connectivity index (χ3v) is 5.12. The van der Waals surface area contributed by atoms with Crippen molar-refractivity contribution in [2.75, 3.05) is 33.0 Å². The lowest BCUT2D eigenvalue weighted by atomic mass is 10.0. The van der Waals surface area contributed by atoms with Crippen LogP contribution in [0.15, 0.2) is 18.2 Å². The van der Waals surface area contributed by atoms with Gasteiger partial charge in [-0.05, 0) is 39.3 Å². The highest BCUT2D eigenvalue weighted by Crippen LogP contribution is 2.33. The topological polar surface area (TPSA) is 140 Å². The van der Waals surface area contributed by atoms with Gasteiger partial charge >= 0.3 is 0 Å². The third-order valence-electron chi connectivity index (χ3n) is 5.12. The van der Waals surface area contributed by atoms with Crippen molar-refractivity contribution in [3.8, 4) is 5.75 Å². The average Bonchev–Trinajstić information content (AvgIpc) is 3.02. The fourth-order valence-corrected chi connectivity index (χ4v) is 3.51. The number of rotatable bonds is 10. The summed E-state index contributed by atoms with van der Waals surface area (Å²) in [5, 5.41) is 4.84. The molecule has 0 spiro atoms. The van der Waals surface area contributed by atoms with Gasteiger partial charge in [-0.3, -0.25) is 34.2 Å². The molecule has 11 nitrogen and oxygen atoms in total. The number of piperidine rings is 1. The van der Waals surface area contributed by atoms with E-state index in [9.17, 15) is 24.0 Å².